The van der Waals surface area contributed by atoms with E-state index in [1.165, 1.54) is 16.8 Å². The lowest BCUT2D eigenvalue weighted by Gasteiger charge is -2.01. The van der Waals surface area contributed by atoms with Crippen molar-refractivity contribution in [1.29, 1.82) is 0 Å². The fourth-order valence-electron chi connectivity index (χ4n) is 1.66. The third-order valence-electron chi connectivity index (χ3n) is 2.76. The topological polar surface area (TPSA) is 17.0 Å². The summed E-state index contributed by atoms with van der Waals surface area (Å²) in [4.78, 5) is 0. The molecule has 0 amide bonds. The zero-order valence-electron chi connectivity index (χ0n) is 9.41. The van der Waals surface area contributed by atoms with Crippen LogP contribution in [0.1, 0.15) is 5.69 Å². The van der Waals surface area contributed by atoms with Gasteiger partial charge in [0.05, 0.1) is 0 Å². The summed E-state index contributed by atoms with van der Waals surface area (Å²) in [6, 6.07) is 10.7. The minimum absolute atomic E-state index is 1.14. The van der Waals surface area contributed by atoms with Crippen LogP contribution in [0, 0.1) is 6.92 Å². The van der Waals surface area contributed by atoms with Crippen LogP contribution in [0.3, 0.4) is 0 Å². The molecule has 1 aromatic heterocycles. The Morgan fingerprint density at radius 2 is 1.73 bits per heavy atom. The molecule has 0 aliphatic heterocycles. The standard InChI is InChI=1S/C13H16N2/c1-10-8-12(9-15(10)3)11-4-6-13(14-2)7-5-11/h4-9,14H,1-3H3. The van der Waals surface area contributed by atoms with E-state index >= 15 is 0 Å². The van der Waals surface area contributed by atoms with Gasteiger partial charge in [0.1, 0.15) is 0 Å². The van der Waals surface area contributed by atoms with Gasteiger partial charge in [0.15, 0.2) is 0 Å². The molecule has 0 saturated carbocycles. The molecule has 2 aromatic rings. The van der Waals surface area contributed by atoms with Crippen LogP contribution in [0.4, 0.5) is 5.69 Å². The second kappa shape index (κ2) is 3.81. The van der Waals surface area contributed by atoms with Crippen molar-refractivity contribution in [2.45, 2.75) is 6.92 Å². The molecule has 1 N–H and O–H groups in total. The smallest absolute Gasteiger partial charge is 0.0337 e. The van der Waals surface area contributed by atoms with E-state index in [0.29, 0.717) is 0 Å². The van der Waals surface area contributed by atoms with Crippen LogP contribution < -0.4 is 5.32 Å². The highest BCUT2D eigenvalue weighted by Gasteiger charge is 2.01. The highest BCUT2D eigenvalue weighted by atomic mass is 14.9. The van der Waals surface area contributed by atoms with Crippen molar-refractivity contribution in [3.8, 4) is 11.1 Å². The monoisotopic (exact) mass is 200 g/mol. The van der Waals surface area contributed by atoms with Crippen molar-refractivity contribution < 1.29 is 0 Å². The van der Waals surface area contributed by atoms with Gasteiger partial charge < -0.3 is 9.88 Å². The van der Waals surface area contributed by atoms with Crippen molar-refractivity contribution in [2.24, 2.45) is 7.05 Å². The van der Waals surface area contributed by atoms with Gasteiger partial charge in [0.2, 0.25) is 0 Å². The summed E-state index contributed by atoms with van der Waals surface area (Å²) in [7, 11) is 4.00. The van der Waals surface area contributed by atoms with Crippen LogP contribution >= 0.6 is 0 Å². The fraction of sp³-hybridized carbons (Fsp3) is 0.231. The molecule has 2 rings (SSSR count). The molecular formula is C13H16N2. The number of benzene rings is 1. The van der Waals surface area contributed by atoms with Gasteiger partial charge >= 0.3 is 0 Å². The molecule has 78 valence electrons. The molecule has 2 nitrogen and oxygen atoms in total. The maximum absolute atomic E-state index is 3.12. The molecule has 0 atom stereocenters. The zero-order valence-corrected chi connectivity index (χ0v) is 9.41. The Balaban J connectivity index is 2.37. The molecule has 0 saturated heterocycles. The van der Waals surface area contributed by atoms with Crippen LogP contribution in [-0.2, 0) is 7.05 Å². The van der Waals surface area contributed by atoms with E-state index in [9.17, 15) is 0 Å². The van der Waals surface area contributed by atoms with E-state index in [4.69, 9.17) is 0 Å². The number of aromatic nitrogens is 1. The lowest BCUT2D eigenvalue weighted by atomic mass is 10.1. The highest BCUT2D eigenvalue weighted by molar-refractivity contribution is 5.66. The third kappa shape index (κ3) is 1.89. The second-order valence-electron chi connectivity index (χ2n) is 3.81. The van der Waals surface area contributed by atoms with Gasteiger partial charge in [-0.2, -0.15) is 0 Å². The largest absolute Gasteiger partial charge is 0.388 e. The Morgan fingerprint density at radius 3 is 2.20 bits per heavy atom. The highest BCUT2D eigenvalue weighted by Crippen LogP contribution is 2.22. The first-order chi connectivity index (χ1) is 7.20. The van der Waals surface area contributed by atoms with Crippen molar-refractivity contribution >= 4 is 5.69 Å². The molecule has 2 heteroatoms. The number of nitrogens with zero attached hydrogens (tertiary/aromatic N) is 1. The Hall–Kier alpha value is -1.70. The van der Waals surface area contributed by atoms with E-state index in [2.05, 4.69) is 60.4 Å². The SMILES string of the molecule is CNc1ccc(-c2cc(C)n(C)c2)cc1. The molecule has 0 aliphatic carbocycles. The van der Waals surface area contributed by atoms with Crippen LogP contribution in [0.25, 0.3) is 11.1 Å². The first-order valence-electron chi connectivity index (χ1n) is 5.12. The Labute approximate surface area is 90.6 Å². The van der Waals surface area contributed by atoms with Gasteiger partial charge in [-0.05, 0) is 36.2 Å². The number of anilines is 1. The van der Waals surface area contributed by atoms with Crippen molar-refractivity contribution in [3.05, 3.63) is 42.2 Å². The van der Waals surface area contributed by atoms with Gasteiger partial charge in [0.25, 0.3) is 0 Å². The minimum atomic E-state index is 1.14. The number of hydrogen-bond acceptors (Lipinski definition) is 1. The quantitative estimate of drug-likeness (QED) is 0.788. The van der Waals surface area contributed by atoms with E-state index in [-0.39, 0.29) is 0 Å². The van der Waals surface area contributed by atoms with Crippen molar-refractivity contribution in [3.63, 3.8) is 0 Å². The van der Waals surface area contributed by atoms with Crippen LogP contribution in [-0.4, -0.2) is 11.6 Å². The van der Waals surface area contributed by atoms with Gasteiger partial charge in [-0.25, -0.2) is 0 Å². The normalized spacial score (nSPS) is 10.3. The summed E-state index contributed by atoms with van der Waals surface area (Å²) in [5.74, 6) is 0. The van der Waals surface area contributed by atoms with Crippen LogP contribution in [0.15, 0.2) is 36.5 Å². The Kier molecular flexibility index (Phi) is 2.50. The molecule has 0 fully saturated rings. The van der Waals surface area contributed by atoms with E-state index < -0.39 is 0 Å². The van der Waals surface area contributed by atoms with E-state index in [1.807, 2.05) is 7.05 Å². The average molecular weight is 200 g/mol. The minimum Gasteiger partial charge on any atom is -0.388 e. The number of rotatable bonds is 2. The molecular weight excluding hydrogens is 184 g/mol. The molecule has 1 heterocycles. The Morgan fingerprint density at radius 1 is 1.07 bits per heavy atom. The first kappa shape index (κ1) is 9.84. The van der Waals surface area contributed by atoms with Crippen LogP contribution in [0.2, 0.25) is 0 Å². The Bertz CT molecular complexity index is 432. The zero-order chi connectivity index (χ0) is 10.8. The van der Waals surface area contributed by atoms with Crippen LogP contribution in [0.5, 0.6) is 0 Å². The molecule has 15 heavy (non-hydrogen) atoms. The lowest BCUT2D eigenvalue weighted by Crippen LogP contribution is -1.86. The third-order valence-corrected chi connectivity index (χ3v) is 2.76. The van der Waals surface area contributed by atoms with E-state index in [1.54, 1.807) is 0 Å². The predicted molar refractivity (Wildman–Crippen MR) is 65.1 cm³/mol. The fourth-order valence-corrected chi connectivity index (χ4v) is 1.66. The maximum Gasteiger partial charge on any atom is 0.0337 e. The number of hydrogen-bond donors (Lipinski definition) is 1. The summed E-state index contributed by atoms with van der Waals surface area (Å²) in [6.07, 6.45) is 2.16. The van der Waals surface area contributed by atoms with Gasteiger partial charge in [-0.15, -0.1) is 0 Å². The molecule has 1 aromatic carbocycles. The maximum atomic E-state index is 3.12. The number of aryl methyl sites for hydroxylation is 2. The molecule has 0 radical (unpaired) electrons. The summed E-state index contributed by atoms with van der Waals surface area (Å²) >= 11 is 0. The number of nitrogens with one attached hydrogen (secondary N) is 1. The van der Waals surface area contributed by atoms with Gasteiger partial charge in [-0.1, -0.05) is 12.1 Å². The summed E-state index contributed by atoms with van der Waals surface area (Å²) in [5.41, 5.74) is 4.96. The summed E-state index contributed by atoms with van der Waals surface area (Å²) in [5, 5.41) is 3.12. The molecule has 0 aliphatic rings. The summed E-state index contributed by atoms with van der Waals surface area (Å²) < 4.78 is 2.14. The van der Waals surface area contributed by atoms with Gasteiger partial charge in [0, 0.05) is 31.7 Å². The predicted octanol–water partition coefficient (Wildman–Crippen LogP) is 3.04. The van der Waals surface area contributed by atoms with Crippen molar-refractivity contribution in [2.75, 3.05) is 12.4 Å². The first-order valence-corrected chi connectivity index (χ1v) is 5.12. The van der Waals surface area contributed by atoms with Crippen molar-refractivity contribution in [1.82, 2.24) is 4.57 Å². The average Bonchev–Trinajstić information content (AvgIpc) is 2.59. The van der Waals surface area contributed by atoms with Gasteiger partial charge in [-0.3, -0.25) is 0 Å². The molecule has 0 bridgehead atoms. The lowest BCUT2D eigenvalue weighted by molar-refractivity contribution is 0.883. The molecule has 0 unspecified atom stereocenters. The summed E-state index contributed by atoms with van der Waals surface area (Å²) in [6.45, 7) is 2.12. The molecule has 0 spiro atoms. The second-order valence-corrected chi connectivity index (χ2v) is 3.81. The van der Waals surface area contributed by atoms with E-state index in [0.717, 1.165) is 5.69 Å².